The van der Waals surface area contributed by atoms with Crippen molar-refractivity contribution in [3.05, 3.63) is 39.9 Å². The van der Waals surface area contributed by atoms with Gasteiger partial charge in [0.25, 0.3) is 0 Å². The van der Waals surface area contributed by atoms with Crippen LogP contribution in [0.2, 0.25) is 10.0 Å². The van der Waals surface area contributed by atoms with Gasteiger partial charge in [0.15, 0.2) is 0 Å². The number of nitrogens with one attached hydrogen (secondary N) is 1. The Bertz CT molecular complexity index is 558. The van der Waals surface area contributed by atoms with Gasteiger partial charge < -0.3 is 10.4 Å². The second kappa shape index (κ2) is 8.05. The maximum absolute atomic E-state index is 11.8. The van der Waals surface area contributed by atoms with Crippen LogP contribution in [0.4, 0.5) is 0 Å². The number of rotatable bonds is 6. The largest absolute Gasteiger partial charge is 0.480 e. The fraction of sp³-hybridized carbons (Fsp3) is 0.333. The molecule has 0 aliphatic carbocycles. The van der Waals surface area contributed by atoms with Crippen molar-refractivity contribution in [1.82, 2.24) is 5.32 Å². The van der Waals surface area contributed by atoms with Crippen LogP contribution in [0.3, 0.4) is 0 Å². The third-order valence-corrected chi connectivity index (χ3v) is 3.73. The highest BCUT2D eigenvalue weighted by Gasteiger charge is 2.24. The smallest absolute Gasteiger partial charge is 0.326 e. The average molecular weight is 330 g/mol. The molecule has 2 unspecified atom stereocenters. The van der Waals surface area contributed by atoms with Crippen molar-refractivity contribution < 1.29 is 14.7 Å². The summed E-state index contributed by atoms with van der Waals surface area (Å²) in [5.74, 6) is -1.69. The van der Waals surface area contributed by atoms with Gasteiger partial charge in [-0.2, -0.15) is 0 Å². The van der Waals surface area contributed by atoms with E-state index in [0.29, 0.717) is 22.0 Å². The van der Waals surface area contributed by atoms with Gasteiger partial charge in [-0.25, -0.2) is 4.79 Å². The van der Waals surface area contributed by atoms with Crippen LogP contribution in [0.15, 0.2) is 24.3 Å². The van der Waals surface area contributed by atoms with Crippen LogP contribution < -0.4 is 5.32 Å². The maximum Gasteiger partial charge on any atom is 0.326 e. The van der Waals surface area contributed by atoms with Gasteiger partial charge in [0.1, 0.15) is 6.04 Å². The number of hydrogen-bond acceptors (Lipinski definition) is 2. The molecule has 1 amide bonds. The van der Waals surface area contributed by atoms with E-state index >= 15 is 0 Å². The fourth-order valence-corrected chi connectivity index (χ4v) is 2.05. The Morgan fingerprint density at radius 2 is 2.05 bits per heavy atom. The summed E-state index contributed by atoms with van der Waals surface area (Å²) in [5.41, 5.74) is 0.592. The van der Waals surface area contributed by atoms with E-state index in [1.807, 2.05) is 6.92 Å². The van der Waals surface area contributed by atoms with Crippen molar-refractivity contribution in [3.8, 4) is 0 Å². The molecule has 2 atom stereocenters. The molecule has 2 N–H and O–H groups in total. The highest BCUT2D eigenvalue weighted by molar-refractivity contribution is 6.34. The van der Waals surface area contributed by atoms with E-state index in [1.165, 1.54) is 12.2 Å². The zero-order valence-electron chi connectivity index (χ0n) is 11.8. The van der Waals surface area contributed by atoms with Crippen molar-refractivity contribution in [1.29, 1.82) is 0 Å². The monoisotopic (exact) mass is 329 g/mol. The first-order chi connectivity index (χ1) is 9.85. The van der Waals surface area contributed by atoms with Crippen LogP contribution in [-0.2, 0) is 9.59 Å². The number of carbonyl (C=O) groups excluding carboxylic acids is 1. The van der Waals surface area contributed by atoms with Gasteiger partial charge in [0.05, 0.1) is 0 Å². The molecule has 6 heteroatoms. The number of hydrogen-bond donors (Lipinski definition) is 2. The van der Waals surface area contributed by atoms with Crippen molar-refractivity contribution in [2.75, 3.05) is 0 Å². The minimum atomic E-state index is -1.05. The maximum atomic E-state index is 11.8. The standard InChI is InChI=1S/C15H17Cl2NO3/c1-3-9(2)14(15(20)21)18-13(19)7-4-10-8-11(16)5-6-12(10)17/h4-9,14H,3H2,1-2H3,(H,18,19)(H,20,21)/b7-4+. The molecule has 0 aromatic heterocycles. The van der Waals surface area contributed by atoms with E-state index < -0.39 is 17.9 Å². The Morgan fingerprint density at radius 3 is 2.62 bits per heavy atom. The number of carbonyl (C=O) groups is 2. The molecule has 0 spiro atoms. The van der Waals surface area contributed by atoms with Crippen LogP contribution in [0, 0.1) is 5.92 Å². The normalized spacial score (nSPS) is 13.9. The molecule has 1 aromatic rings. The Balaban J connectivity index is 2.78. The Kier molecular flexibility index (Phi) is 6.72. The van der Waals surface area contributed by atoms with Crippen LogP contribution in [0.25, 0.3) is 6.08 Å². The fourth-order valence-electron chi connectivity index (χ4n) is 1.69. The minimum Gasteiger partial charge on any atom is -0.480 e. The van der Waals surface area contributed by atoms with Gasteiger partial charge in [-0.3, -0.25) is 4.79 Å². The molecule has 0 radical (unpaired) electrons. The van der Waals surface area contributed by atoms with E-state index in [1.54, 1.807) is 25.1 Å². The lowest BCUT2D eigenvalue weighted by atomic mass is 9.99. The number of benzene rings is 1. The van der Waals surface area contributed by atoms with E-state index in [-0.39, 0.29) is 5.92 Å². The topological polar surface area (TPSA) is 66.4 Å². The molecule has 0 fully saturated rings. The predicted molar refractivity (Wildman–Crippen MR) is 84.5 cm³/mol. The van der Waals surface area contributed by atoms with E-state index in [2.05, 4.69) is 5.32 Å². The molecular formula is C15H17Cl2NO3. The van der Waals surface area contributed by atoms with Crippen molar-refractivity contribution in [2.45, 2.75) is 26.3 Å². The zero-order valence-corrected chi connectivity index (χ0v) is 13.3. The van der Waals surface area contributed by atoms with Gasteiger partial charge >= 0.3 is 5.97 Å². The SMILES string of the molecule is CCC(C)C(NC(=O)/C=C/c1cc(Cl)ccc1Cl)C(=O)O. The van der Waals surface area contributed by atoms with Crippen molar-refractivity contribution >= 4 is 41.2 Å². The van der Waals surface area contributed by atoms with Crippen LogP contribution in [0.1, 0.15) is 25.8 Å². The third kappa shape index (κ3) is 5.40. The highest BCUT2D eigenvalue weighted by atomic mass is 35.5. The molecule has 0 aliphatic heterocycles. The number of carboxylic acid groups (broad SMARTS) is 1. The number of amides is 1. The van der Waals surface area contributed by atoms with Gasteiger partial charge in [-0.05, 0) is 35.8 Å². The molecule has 21 heavy (non-hydrogen) atoms. The van der Waals surface area contributed by atoms with Crippen LogP contribution in [0.5, 0.6) is 0 Å². The Labute approximate surface area is 133 Å². The Hall–Kier alpha value is -1.52. The second-order valence-corrected chi connectivity index (χ2v) is 5.55. The average Bonchev–Trinajstić information content (AvgIpc) is 2.44. The summed E-state index contributed by atoms with van der Waals surface area (Å²) in [5, 5.41) is 12.5. The van der Waals surface area contributed by atoms with E-state index in [9.17, 15) is 9.59 Å². The third-order valence-electron chi connectivity index (χ3n) is 3.15. The molecule has 1 aromatic carbocycles. The van der Waals surface area contributed by atoms with Gasteiger partial charge in [0.2, 0.25) is 5.91 Å². The lowest BCUT2D eigenvalue weighted by Gasteiger charge is -2.19. The van der Waals surface area contributed by atoms with Gasteiger partial charge in [-0.15, -0.1) is 0 Å². The van der Waals surface area contributed by atoms with Gasteiger partial charge in [0, 0.05) is 16.1 Å². The molecule has 0 bridgehead atoms. The summed E-state index contributed by atoms with van der Waals surface area (Å²) in [4.78, 5) is 22.9. The summed E-state index contributed by atoms with van der Waals surface area (Å²) < 4.78 is 0. The number of halogens is 2. The van der Waals surface area contributed by atoms with E-state index in [4.69, 9.17) is 28.3 Å². The molecule has 0 aliphatic rings. The molecule has 1 rings (SSSR count). The molecule has 4 nitrogen and oxygen atoms in total. The molecular weight excluding hydrogens is 313 g/mol. The summed E-state index contributed by atoms with van der Waals surface area (Å²) >= 11 is 11.8. The minimum absolute atomic E-state index is 0.158. The molecule has 0 saturated heterocycles. The molecule has 0 heterocycles. The van der Waals surface area contributed by atoms with Crippen molar-refractivity contribution in [2.24, 2.45) is 5.92 Å². The molecule has 0 saturated carbocycles. The first-order valence-electron chi connectivity index (χ1n) is 6.51. The predicted octanol–water partition coefficient (Wildman–Crippen LogP) is 3.62. The van der Waals surface area contributed by atoms with Crippen molar-refractivity contribution in [3.63, 3.8) is 0 Å². The summed E-state index contributed by atoms with van der Waals surface area (Å²) in [6.45, 7) is 3.64. The highest BCUT2D eigenvalue weighted by Crippen LogP contribution is 2.21. The lowest BCUT2D eigenvalue weighted by Crippen LogP contribution is -2.44. The van der Waals surface area contributed by atoms with Gasteiger partial charge in [-0.1, -0.05) is 43.5 Å². The summed E-state index contributed by atoms with van der Waals surface area (Å²) in [7, 11) is 0. The zero-order chi connectivity index (χ0) is 16.0. The van der Waals surface area contributed by atoms with E-state index in [0.717, 1.165) is 0 Å². The molecule has 114 valence electrons. The summed E-state index contributed by atoms with van der Waals surface area (Å²) in [6, 6.07) is 3.98. The van der Waals surface area contributed by atoms with Crippen LogP contribution in [-0.4, -0.2) is 23.0 Å². The van der Waals surface area contributed by atoms with Crippen LogP contribution >= 0.6 is 23.2 Å². The first-order valence-corrected chi connectivity index (χ1v) is 7.27. The first kappa shape index (κ1) is 17.5. The second-order valence-electron chi connectivity index (χ2n) is 4.71. The Morgan fingerprint density at radius 1 is 1.38 bits per heavy atom. The lowest BCUT2D eigenvalue weighted by molar-refractivity contribution is -0.142. The number of carboxylic acids is 1. The quantitative estimate of drug-likeness (QED) is 0.783. The number of aliphatic carboxylic acids is 1. The summed E-state index contributed by atoms with van der Waals surface area (Å²) in [6.07, 6.45) is 3.40.